The maximum absolute atomic E-state index is 5.53. The third-order valence-electron chi connectivity index (χ3n) is 5.48. The van der Waals surface area contributed by atoms with Crippen LogP contribution in [0.1, 0.15) is 92.7 Å². The Morgan fingerprint density at radius 2 is 1.61 bits per heavy atom. The lowest BCUT2D eigenvalue weighted by Crippen LogP contribution is -2.31. The van der Waals surface area contributed by atoms with Gasteiger partial charge in [0.15, 0.2) is 0 Å². The molecule has 1 nitrogen and oxygen atoms in total. The fraction of sp³-hybridized carbons (Fsp3) is 0.586. The van der Waals surface area contributed by atoms with E-state index < -0.39 is 0 Å². The molecule has 0 bridgehead atoms. The predicted molar refractivity (Wildman–Crippen MR) is 149 cm³/mol. The van der Waals surface area contributed by atoms with Gasteiger partial charge in [-0.3, -0.25) is 0 Å². The van der Waals surface area contributed by atoms with Crippen molar-refractivity contribution in [3.05, 3.63) is 65.3 Å². The Balaban J connectivity index is -0.00000120. The molecule has 2 heteroatoms. The molecule has 1 aromatic carbocycles. The van der Waals surface area contributed by atoms with E-state index in [9.17, 15) is 0 Å². The van der Waals surface area contributed by atoms with Crippen molar-refractivity contribution >= 4 is 12.6 Å². The summed E-state index contributed by atoms with van der Waals surface area (Å²) in [6, 6.07) is 6.65. The Morgan fingerprint density at radius 1 is 1.06 bits per heavy atom. The molecule has 0 aliphatic carbocycles. The highest BCUT2D eigenvalue weighted by atomic mass is 32.1. The fourth-order valence-electron chi connectivity index (χ4n) is 3.61. The van der Waals surface area contributed by atoms with Crippen LogP contribution in [-0.2, 0) is 5.41 Å². The SMILES string of the molecule is C=C/C(C)=C(C)\C=C\C(CC)C(C)(CCC)c1cc(C)cc(OC)c1.CC.CC.CS. The molecule has 0 spiro atoms. The second kappa shape index (κ2) is 20.5. The van der Waals surface area contributed by atoms with Crippen LogP contribution in [0.3, 0.4) is 0 Å². The molecule has 0 aliphatic heterocycles. The van der Waals surface area contributed by atoms with Crippen LogP contribution in [-0.4, -0.2) is 13.4 Å². The average Bonchev–Trinajstić information content (AvgIpc) is 2.82. The molecule has 180 valence electrons. The molecule has 0 aliphatic rings. The van der Waals surface area contributed by atoms with E-state index in [4.69, 9.17) is 4.74 Å². The second-order valence-electron chi connectivity index (χ2n) is 7.35. The van der Waals surface area contributed by atoms with E-state index in [0.717, 1.165) is 25.0 Å². The molecule has 0 fully saturated rings. The number of hydrogen-bond acceptors (Lipinski definition) is 2. The second-order valence-corrected chi connectivity index (χ2v) is 7.35. The first kappa shape index (κ1) is 34.2. The van der Waals surface area contributed by atoms with Crippen LogP contribution in [0.5, 0.6) is 5.75 Å². The quantitative estimate of drug-likeness (QED) is 0.292. The monoisotopic (exact) mass is 448 g/mol. The predicted octanol–water partition coefficient (Wildman–Crippen LogP) is 9.76. The first-order chi connectivity index (χ1) is 14.8. The van der Waals surface area contributed by atoms with Crippen molar-refractivity contribution in [2.75, 3.05) is 13.4 Å². The molecule has 0 N–H and O–H groups in total. The summed E-state index contributed by atoms with van der Waals surface area (Å²) in [6.07, 6.45) is 11.7. The Hall–Kier alpha value is -1.41. The van der Waals surface area contributed by atoms with Gasteiger partial charge in [0.2, 0.25) is 0 Å². The Morgan fingerprint density at radius 3 is 2.03 bits per heavy atom. The zero-order valence-electron chi connectivity index (χ0n) is 22.7. The lowest BCUT2D eigenvalue weighted by Gasteiger charge is -2.37. The molecule has 0 radical (unpaired) electrons. The van der Waals surface area contributed by atoms with Crippen LogP contribution >= 0.6 is 12.6 Å². The third kappa shape index (κ3) is 11.7. The summed E-state index contributed by atoms with van der Waals surface area (Å²) in [5, 5.41) is 0. The topological polar surface area (TPSA) is 9.23 Å². The standard InChI is InChI=1S/C24H36O.2C2H6.CH4S/c1-9-14-24(7,22-15-18(4)16-23(17-22)25-8)21(11-3)13-12-20(6)19(5)10-2;3*1-2/h10,12-13,15-17,21H,2,9,11,14H2,1,3-8H3;2*1-2H3;2H,1H3/b13-12+,20-19-;;;. The summed E-state index contributed by atoms with van der Waals surface area (Å²) in [4.78, 5) is 0. The molecule has 1 aromatic rings. The highest BCUT2D eigenvalue weighted by molar-refractivity contribution is 7.79. The number of allylic oxidation sites excluding steroid dienone is 5. The normalized spacial score (nSPS) is 13.7. The number of benzene rings is 1. The van der Waals surface area contributed by atoms with Gasteiger partial charge in [0.1, 0.15) is 5.75 Å². The maximum atomic E-state index is 5.53. The highest BCUT2D eigenvalue weighted by Crippen LogP contribution is 2.41. The number of ether oxygens (including phenoxy) is 1. The summed E-state index contributed by atoms with van der Waals surface area (Å²) in [6.45, 7) is 25.3. The van der Waals surface area contributed by atoms with E-state index in [0.29, 0.717) is 5.92 Å². The molecule has 31 heavy (non-hydrogen) atoms. The summed E-state index contributed by atoms with van der Waals surface area (Å²) < 4.78 is 5.53. The van der Waals surface area contributed by atoms with Crippen LogP contribution in [0.15, 0.2) is 54.2 Å². The zero-order chi connectivity index (χ0) is 25.0. The van der Waals surface area contributed by atoms with Crippen LogP contribution in [0.2, 0.25) is 0 Å². The van der Waals surface area contributed by atoms with E-state index in [1.165, 1.54) is 22.3 Å². The molecule has 0 saturated carbocycles. The van der Waals surface area contributed by atoms with Gasteiger partial charge in [-0.15, -0.1) is 0 Å². The molecular weight excluding hydrogens is 396 g/mol. The van der Waals surface area contributed by atoms with E-state index in [1.54, 1.807) is 13.4 Å². The molecule has 2 unspecified atom stereocenters. The van der Waals surface area contributed by atoms with Gasteiger partial charge in [-0.2, -0.15) is 12.6 Å². The molecule has 0 heterocycles. The first-order valence-electron chi connectivity index (χ1n) is 11.9. The van der Waals surface area contributed by atoms with Crippen LogP contribution in [0.25, 0.3) is 0 Å². The van der Waals surface area contributed by atoms with Gasteiger partial charge in [0, 0.05) is 0 Å². The largest absolute Gasteiger partial charge is 0.497 e. The van der Waals surface area contributed by atoms with Crippen molar-refractivity contribution in [1.82, 2.24) is 0 Å². The van der Waals surface area contributed by atoms with Crippen molar-refractivity contribution in [2.24, 2.45) is 5.92 Å². The van der Waals surface area contributed by atoms with Crippen LogP contribution < -0.4 is 4.74 Å². The maximum Gasteiger partial charge on any atom is 0.119 e. The molecular formula is C29H52OS. The van der Waals surface area contributed by atoms with Crippen molar-refractivity contribution in [1.29, 1.82) is 0 Å². The number of methoxy groups -OCH3 is 1. The van der Waals surface area contributed by atoms with Crippen LogP contribution in [0.4, 0.5) is 0 Å². The highest BCUT2D eigenvalue weighted by Gasteiger charge is 2.33. The van der Waals surface area contributed by atoms with Crippen molar-refractivity contribution in [2.45, 2.75) is 93.9 Å². The van der Waals surface area contributed by atoms with Crippen LogP contribution in [0, 0.1) is 12.8 Å². The molecule has 1 rings (SSSR count). The minimum Gasteiger partial charge on any atom is -0.497 e. The lowest BCUT2D eigenvalue weighted by molar-refractivity contribution is 0.310. The van der Waals surface area contributed by atoms with E-state index in [-0.39, 0.29) is 5.41 Å². The van der Waals surface area contributed by atoms with Gasteiger partial charge in [0.05, 0.1) is 7.11 Å². The summed E-state index contributed by atoms with van der Waals surface area (Å²) in [5.74, 6) is 1.43. The summed E-state index contributed by atoms with van der Waals surface area (Å²) in [5.41, 5.74) is 5.26. The van der Waals surface area contributed by atoms with Gasteiger partial charge in [-0.1, -0.05) is 85.8 Å². The molecule has 0 saturated heterocycles. The minimum atomic E-state index is 0.0989. The van der Waals surface area contributed by atoms with Crippen molar-refractivity contribution < 1.29 is 4.74 Å². The van der Waals surface area contributed by atoms with Gasteiger partial charge >= 0.3 is 0 Å². The minimum absolute atomic E-state index is 0.0989. The molecule has 0 amide bonds. The molecule has 0 aromatic heterocycles. The number of hydrogen-bond donors (Lipinski definition) is 1. The summed E-state index contributed by atoms with van der Waals surface area (Å²) >= 11 is 3.53. The number of aryl methyl sites for hydroxylation is 1. The van der Waals surface area contributed by atoms with E-state index in [1.807, 2.05) is 33.8 Å². The van der Waals surface area contributed by atoms with E-state index in [2.05, 4.69) is 91.1 Å². The number of thiol groups is 1. The fourth-order valence-corrected chi connectivity index (χ4v) is 3.61. The lowest BCUT2D eigenvalue weighted by atomic mass is 9.67. The smallest absolute Gasteiger partial charge is 0.119 e. The molecule has 2 atom stereocenters. The van der Waals surface area contributed by atoms with Gasteiger partial charge in [-0.25, -0.2) is 0 Å². The van der Waals surface area contributed by atoms with Crippen molar-refractivity contribution in [3.8, 4) is 5.75 Å². The van der Waals surface area contributed by atoms with Gasteiger partial charge < -0.3 is 4.74 Å². The Kier molecular flexibility index (Phi) is 22.6. The Labute approximate surface area is 201 Å². The van der Waals surface area contributed by atoms with Crippen molar-refractivity contribution in [3.63, 3.8) is 0 Å². The zero-order valence-corrected chi connectivity index (χ0v) is 23.6. The first-order valence-corrected chi connectivity index (χ1v) is 12.8. The summed E-state index contributed by atoms with van der Waals surface area (Å²) in [7, 11) is 1.75. The number of rotatable bonds is 9. The van der Waals surface area contributed by atoms with Gasteiger partial charge in [0.25, 0.3) is 0 Å². The van der Waals surface area contributed by atoms with E-state index >= 15 is 0 Å². The third-order valence-corrected chi connectivity index (χ3v) is 5.48. The average molecular weight is 449 g/mol. The Bertz CT molecular complexity index is 642. The van der Waals surface area contributed by atoms with Gasteiger partial charge in [-0.05, 0) is 85.6 Å².